The van der Waals surface area contributed by atoms with Crippen LogP contribution in [0, 0.1) is 22.9 Å². The maximum Gasteiger partial charge on any atom is 0.319 e. The molecule has 10 nitrogen and oxygen atoms in total. The zero-order chi connectivity index (χ0) is 33.9. The topological polar surface area (TPSA) is 116 Å². The van der Waals surface area contributed by atoms with Crippen molar-refractivity contribution in [3.63, 3.8) is 0 Å². The van der Waals surface area contributed by atoms with Gasteiger partial charge in [-0.3, -0.25) is 4.79 Å². The van der Waals surface area contributed by atoms with Gasteiger partial charge in [0.15, 0.2) is 17.4 Å². The van der Waals surface area contributed by atoms with Crippen molar-refractivity contribution in [3.05, 3.63) is 71.8 Å². The van der Waals surface area contributed by atoms with Crippen LogP contribution >= 0.6 is 0 Å². The zero-order valence-electron chi connectivity index (χ0n) is 26.9. The summed E-state index contributed by atoms with van der Waals surface area (Å²) >= 11 is 0. The molecule has 1 aliphatic rings. The Morgan fingerprint density at radius 3 is 2.45 bits per heavy atom. The minimum atomic E-state index is -1.36. The van der Waals surface area contributed by atoms with E-state index in [1.165, 1.54) is 31.4 Å². The van der Waals surface area contributed by atoms with E-state index >= 15 is 8.78 Å². The fraction of sp³-hybridized carbons (Fsp3) is 0.364. The molecule has 0 aliphatic carbocycles. The zero-order valence-corrected chi connectivity index (χ0v) is 27.9. The number of aromatic nitrogens is 2. The molecule has 1 fully saturated rings. The third-order valence-corrected chi connectivity index (χ3v) is 9.39. The molecule has 0 saturated carbocycles. The lowest BCUT2D eigenvalue weighted by Gasteiger charge is -2.37. The molecule has 14 heteroatoms. The second-order valence-corrected chi connectivity index (χ2v) is 18.8. The molecule has 0 unspecified atom stereocenters. The van der Waals surface area contributed by atoms with E-state index in [1.807, 2.05) is 6.92 Å². The number of anilines is 1. The molecule has 3 amide bonds. The van der Waals surface area contributed by atoms with Gasteiger partial charge in [-0.05, 0) is 35.9 Å². The van der Waals surface area contributed by atoms with Gasteiger partial charge in [0.2, 0.25) is 0 Å². The molecule has 2 aromatic carbocycles. The van der Waals surface area contributed by atoms with Crippen LogP contribution in [0.4, 0.5) is 23.7 Å². The summed E-state index contributed by atoms with van der Waals surface area (Å²) in [7, 11) is 0.0753. The summed E-state index contributed by atoms with van der Waals surface area (Å²) in [6, 6.07) is 7.51. The molecule has 250 valence electrons. The Labute approximate surface area is 271 Å². The number of nitrogens with zero attached hydrogens (tertiary/aromatic N) is 2. The summed E-state index contributed by atoms with van der Waals surface area (Å²) < 4.78 is 64.2. The van der Waals surface area contributed by atoms with E-state index in [1.54, 1.807) is 10.8 Å². The Kier molecular flexibility index (Phi) is 9.93. The number of pyridine rings is 1. The van der Waals surface area contributed by atoms with Gasteiger partial charge >= 0.3 is 6.03 Å². The highest BCUT2D eigenvalue weighted by Crippen LogP contribution is 2.40. The lowest BCUT2D eigenvalue weighted by molar-refractivity contribution is -0.0974. The summed E-state index contributed by atoms with van der Waals surface area (Å²) in [5, 5.41) is 7.92. The number of benzene rings is 2. The molecule has 2 aromatic heterocycles. The first-order valence-corrected chi connectivity index (χ1v) is 18.8. The van der Waals surface area contributed by atoms with Gasteiger partial charge in [0.05, 0.1) is 18.6 Å². The smallest absolute Gasteiger partial charge is 0.319 e. The summed E-state index contributed by atoms with van der Waals surface area (Å²) in [6.45, 7) is 10.6. The van der Waals surface area contributed by atoms with E-state index in [2.05, 4.69) is 40.6 Å². The number of rotatable bonds is 12. The van der Waals surface area contributed by atoms with E-state index in [0.29, 0.717) is 48.5 Å². The normalized spacial score (nSPS) is 14.0. The van der Waals surface area contributed by atoms with Crippen molar-refractivity contribution in [1.82, 2.24) is 20.2 Å². The molecule has 5 rings (SSSR count). The van der Waals surface area contributed by atoms with Gasteiger partial charge in [-0.2, -0.15) is 0 Å². The molecule has 0 bridgehead atoms. The van der Waals surface area contributed by atoms with Crippen LogP contribution in [0.2, 0.25) is 25.7 Å². The number of hydrogen-bond donors (Lipinski definition) is 3. The number of urea groups is 1. The highest BCUT2D eigenvalue weighted by molar-refractivity contribution is 6.76. The number of nitrogens with one attached hydrogen (secondary N) is 3. The molecule has 0 atom stereocenters. The van der Waals surface area contributed by atoms with Crippen LogP contribution in [0.1, 0.15) is 17.3 Å². The molecular weight excluding hydrogens is 631 g/mol. The largest absolute Gasteiger partial charge is 0.450 e. The predicted octanol–water partition coefficient (Wildman–Crippen LogP) is 6.74. The molecule has 0 radical (unpaired) electrons. The van der Waals surface area contributed by atoms with Gasteiger partial charge in [0, 0.05) is 75.0 Å². The van der Waals surface area contributed by atoms with Crippen LogP contribution < -0.4 is 20.7 Å². The molecule has 3 N–H and O–H groups in total. The minimum Gasteiger partial charge on any atom is -0.450 e. The molecule has 1 saturated heterocycles. The van der Waals surface area contributed by atoms with Gasteiger partial charge in [0.1, 0.15) is 23.9 Å². The van der Waals surface area contributed by atoms with Crippen LogP contribution in [0.25, 0.3) is 22.2 Å². The van der Waals surface area contributed by atoms with E-state index in [-0.39, 0.29) is 29.1 Å². The number of ether oxygens (including phenoxy) is 3. The summed E-state index contributed by atoms with van der Waals surface area (Å²) in [5.41, 5.74) is 0.875. The maximum atomic E-state index is 15.4. The van der Waals surface area contributed by atoms with Crippen molar-refractivity contribution >= 4 is 36.7 Å². The van der Waals surface area contributed by atoms with E-state index in [4.69, 9.17) is 14.2 Å². The standard InChI is InChI=1S/C33H38F3N5O5Si/c1-33(17-45-18-33)16-39-32(43)40-23-13-25(35)29(26(36)14-23)46-27-6-7-38-30-28(27)24(15-41(30)19-44-8-9-47(3,4)5)20-10-21(31(42)37-2)12-22(34)11-20/h6-7,10-15H,8-9,16-19H2,1-5H3,(H,37,42)(H2,39,40,43). The first kappa shape index (κ1) is 33.9. The number of fused-ring (bicyclic) bond motifs is 1. The summed E-state index contributed by atoms with van der Waals surface area (Å²) in [5.74, 6) is -3.95. The Balaban J connectivity index is 1.48. The first-order chi connectivity index (χ1) is 22.2. The highest BCUT2D eigenvalue weighted by atomic mass is 28.3. The molecular formula is C33H38F3N5O5Si. The fourth-order valence-corrected chi connectivity index (χ4v) is 5.77. The van der Waals surface area contributed by atoms with Gasteiger partial charge in [-0.1, -0.05) is 26.6 Å². The van der Waals surface area contributed by atoms with Crippen LogP contribution in [-0.4, -0.2) is 63.0 Å². The second-order valence-electron chi connectivity index (χ2n) is 13.2. The number of hydrogen-bond acceptors (Lipinski definition) is 6. The van der Waals surface area contributed by atoms with E-state index in [9.17, 15) is 14.0 Å². The number of carbonyl (C=O) groups excluding carboxylic acids is 2. The average Bonchev–Trinajstić information content (AvgIpc) is 3.37. The van der Waals surface area contributed by atoms with Crippen molar-refractivity contribution in [1.29, 1.82) is 0 Å². The van der Waals surface area contributed by atoms with Gasteiger partial charge < -0.3 is 34.7 Å². The molecule has 3 heterocycles. The van der Waals surface area contributed by atoms with Crippen LogP contribution in [0.5, 0.6) is 11.5 Å². The van der Waals surface area contributed by atoms with Gasteiger partial charge in [-0.15, -0.1) is 0 Å². The van der Waals surface area contributed by atoms with Crippen molar-refractivity contribution in [2.45, 2.75) is 39.3 Å². The van der Waals surface area contributed by atoms with Crippen molar-refractivity contribution in [2.75, 3.05) is 38.7 Å². The van der Waals surface area contributed by atoms with E-state index < -0.39 is 43.2 Å². The average molecular weight is 670 g/mol. The van der Waals surface area contributed by atoms with Crippen LogP contribution in [0.15, 0.2) is 48.8 Å². The quantitative estimate of drug-likeness (QED) is 0.114. The maximum absolute atomic E-state index is 15.4. The monoisotopic (exact) mass is 669 g/mol. The minimum absolute atomic E-state index is 0.0313. The summed E-state index contributed by atoms with van der Waals surface area (Å²) in [6.07, 6.45) is 3.10. The van der Waals surface area contributed by atoms with Gasteiger partial charge in [0.25, 0.3) is 5.91 Å². The van der Waals surface area contributed by atoms with Crippen molar-refractivity contribution in [3.8, 4) is 22.6 Å². The van der Waals surface area contributed by atoms with Gasteiger partial charge in [-0.25, -0.2) is 22.9 Å². The van der Waals surface area contributed by atoms with Crippen LogP contribution in [0.3, 0.4) is 0 Å². The summed E-state index contributed by atoms with van der Waals surface area (Å²) in [4.78, 5) is 29.2. The Bertz CT molecular complexity index is 1780. The molecule has 0 spiro atoms. The number of amides is 3. The van der Waals surface area contributed by atoms with Crippen LogP contribution in [-0.2, 0) is 16.2 Å². The SMILES string of the molecule is CNC(=O)c1cc(F)cc(-c2cn(COCC[Si](C)(C)C)c3nccc(Oc4c(F)cc(NC(=O)NCC5(C)COC5)cc4F)c23)c1. The fourth-order valence-electron chi connectivity index (χ4n) is 5.01. The first-order valence-electron chi connectivity index (χ1n) is 15.1. The van der Waals surface area contributed by atoms with Crippen molar-refractivity contribution in [2.24, 2.45) is 5.41 Å². The molecule has 47 heavy (non-hydrogen) atoms. The number of carbonyl (C=O) groups is 2. The second kappa shape index (κ2) is 13.8. The Morgan fingerprint density at radius 1 is 1.09 bits per heavy atom. The van der Waals surface area contributed by atoms with Crippen molar-refractivity contribution < 1.29 is 37.0 Å². The number of halogens is 3. The Morgan fingerprint density at radius 2 is 1.81 bits per heavy atom. The molecule has 1 aliphatic heterocycles. The third-order valence-electron chi connectivity index (χ3n) is 7.69. The highest BCUT2D eigenvalue weighted by Gasteiger charge is 2.33. The third kappa shape index (κ3) is 8.12. The lowest BCUT2D eigenvalue weighted by Crippen LogP contribution is -2.49. The Hall–Kier alpha value is -4.40. The lowest BCUT2D eigenvalue weighted by atomic mass is 9.89. The van der Waals surface area contributed by atoms with E-state index in [0.717, 1.165) is 24.2 Å². The predicted molar refractivity (Wildman–Crippen MR) is 175 cm³/mol. The molecule has 4 aromatic rings.